The molecular formula is C18H33NO2. The van der Waals surface area contributed by atoms with Gasteiger partial charge in [-0.1, -0.05) is 33.6 Å². The van der Waals surface area contributed by atoms with Crippen LogP contribution in [0.4, 0.5) is 0 Å². The molecule has 3 atom stereocenters. The minimum Gasteiger partial charge on any atom is -0.481 e. The van der Waals surface area contributed by atoms with Crippen LogP contribution in [0.3, 0.4) is 0 Å². The lowest BCUT2D eigenvalue weighted by Crippen LogP contribution is -2.47. The van der Waals surface area contributed by atoms with Crippen molar-refractivity contribution in [1.29, 1.82) is 0 Å². The van der Waals surface area contributed by atoms with Crippen LogP contribution in [-0.2, 0) is 4.79 Å². The standard InChI is InChI=1S/C18H33NO2/c1-4-7-14-8-9-15(17(20)21)16(12-14)19-11-10-18(5-2,6-3)13-19/h14-16H,4-13H2,1-3H3,(H,20,21). The first-order valence-corrected chi connectivity index (χ1v) is 9.02. The van der Waals surface area contributed by atoms with Crippen LogP contribution in [0.2, 0.25) is 0 Å². The van der Waals surface area contributed by atoms with Gasteiger partial charge in [0.05, 0.1) is 5.92 Å². The van der Waals surface area contributed by atoms with Crippen molar-refractivity contribution in [3.63, 3.8) is 0 Å². The van der Waals surface area contributed by atoms with Gasteiger partial charge in [-0.2, -0.15) is 0 Å². The zero-order chi connectivity index (χ0) is 15.5. The number of carboxylic acid groups (broad SMARTS) is 1. The number of hydrogen-bond donors (Lipinski definition) is 1. The van der Waals surface area contributed by atoms with Crippen molar-refractivity contribution in [1.82, 2.24) is 4.90 Å². The Bertz CT molecular complexity index is 351. The van der Waals surface area contributed by atoms with Crippen molar-refractivity contribution >= 4 is 5.97 Å². The molecule has 21 heavy (non-hydrogen) atoms. The van der Waals surface area contributed by atoms with Crippen molar-refractivity contribution in [3.05, 3.63) is 0 Å². The maximum atomic E-state index is 11.7. The number of nitrogens with zero attached hydrogens (tertiary/aromatic N) is 1. The third-order valence-electron chi connectivity index (χ3n) is 6.38. The molecule has 1 N–H and O–H groups in total. The van der Waals surface area contributed by atoms with Crippen LogP contribution in [0.1, 0.15) is 72.1 Å². The molecule has 0 aromatic carbocycles. The Morgan fingerprint density at radius 3 is 2.48 bits per heavy atom. The lowest BCUT2D eigenvalue weighted by atomic mass is 9.75. The summed E-state index contributed by atoms with van der Waals surface area (Å²) in [7, 11) is 0. The van der Waals surface area contributed by atoms with E-state index in [0.29, 0.717) is 5.41 Å². The van der Waals surface area contributed by atoms with Gasteiger partial charge in [0.25, 0.3) is 0 Å². The van der Waals surface area contributed by atoms with Crippen molar-refractivity contribution in [3.8, 4) is 0 Å². The molecule has 0 aromatic rings. The first kappa shape index (κ1) is 16.8. The molecule has 0 radical (unpaired) electrons. The average Bonchev–Trinajstić information content (AvgIpc) is 2.92. The molecule has 1 saturated carbocycles. The number of carbonyl (C=O) groups is 1. The molecule has 3 nitrogen and oxygen atoms in total. The molecule has 2 rings (SSSR count). The summed E-state index contributed by atoms with van der Waals surface area (Å²) >= 11 is 0. The molecular weight excluding hydrogens is 262 g/mol. The number of rotatable bonds is 6. The van der Waals surface area contributed by atoms with E-state index < -0.39 is 5.97 Å². The highest BCUT2D eigenvalue weighted by Gasteiger charge is 2.44. The summed E-state index contributed by atoms with van der Waals surface area (Å²) in [4.78, 5) is 14.2. The highest BCUT2D eigenvalue weighted by Crippen LogP contribution is 2.42. The fraction of sp³-hybridized carbons (Fsp3) is 0.944. The SMILES string of the molecule is CCCC1CCC(C(=O)O)C(N2CCC(CC)(CC)C2)C1. The Balaban J connectivity index is 2.08. The van der Waals surface area contributed by atoms with Crippen LogP contribution in [-0.4, -0.2) is 35.1 Å². The molecule has 0 aromatic heterocycles. The van der Waals surface area contributed by atoms with Crippen molar-refractivity contribution in [2.75, 3.05) is 13.1 Å². The predicted molar refractivity (Wildman–Crippen MR) is 86.4 cm³/mol. The van der Waals surface area contributed by atoms with E-state index in [-0.39, 0.29) is 12.0 Å². The molecule has 3 heteroatoms. The van der Waals surface area contributed by atoms with Gasteiger partial charge < -0.3 is 5.11 Å². The van der Waals surface area contributed by atoms with Crippen LogP contribution >= 0.6 is 0 Å². The molecule has 0 amide bonds. The second-order valence-electron chi connectivity index (χ2n) is 7.41. The van der Waals surface area contributed by atoms with E-state index in [0.717, 1.165) is 38.3 Å². The molecule has 3 unspecified atom stereocenters. The molecule has 1 saturated heterocycles. The third kappa shape index (κ3) is 3.61. The summed E-state index contributed by atoms with van der Waals surface area (Å²) in [6.07, 6.45) is 9.29. The minimum absolute atomic E-state index is 0.136. The molecule has 2 aliphatic rings. The van der Waals surface area contributed by atoms with Gasteiger partial charge in [-0.25, -0.2) is 0 Å². The van der Waals surface area contributed by atoms with Crippen LogP contribution in [0, 0.1) is 17.3 Å². The quantitative estimate of drug-likeness (QED) is 0.799. The van der Waals surface area contributed by atoms with E-state index in [2.05, 4.69) is 25.7 Å². The summed E-state index contributed by atoms with van der Waals surface area (Å²) in [6, 6.07) is 0.285. The fourth-order valence-corrected chi connectivity index (χ4v) is 4.67. The van der Waals surface area contributed by atoms with Gasteiger partial charge in [-0.05, 0) is 56.4 Å². The molecule has 0 bridgehead atoms. The topological polar surface area (TPSA) is 40.5 Å². The second-order valence-corrected chi connectivity index (χ2v) is 7.41. The minimum atomic E-state index is -0.569. The summed E-state index contributed by atoms with van der Waals surface area (Å²) in [5.41, 5.74) is 0.445. The van der Waals surface area contributed by atoms with Gasteiger partial charge >= 0.3 is 5.97 Å². The normalized spacial score (nSPS) is 33.2. The van der Waals surface area contributed by atoms with Crippen molar-refractivity contribution in [2.24, 2.45) is 17.3 Å². The van der Waals surface area contributed by atoms with Crippen LogP contribution in [0.25, 0.3) is 0 Å². The van der Waals surface area contributed by atoms with Gasteiger partial charge in [0, 0.05) is 12.6 Å². The molecule has 122 valence electrons. The molecule has 1 heterocycles. The van der Waals surface area contributed by atoms with E-state index in [1.54, 1.807) is 0 Å². The zero-order valence-corrected chi connectivity index (χ0v) is 14.1. The van der Waals surface area contributed by atoms with Gasteiger partial charge in [-0.15, -0.1) is 0 Å². The molecule has 2 fully saturated rings. The largest absolute Gasteiger partial charge is 0.481 e. The van der Waals surface area contributed by atoms with E-state index in [9.17, 15) is 9.90 Å². The summed E-state index contributed by atoms with van der Waals surface area (Å²) in [5, 5.41) is 9.60. The number of likely N-dealkylation sites (tertiary alicyclic amines) is 1. The second kappa shape index (κ2) is 7.13. The molecule has 1 aliphatic heterocycles. The smallest absolute Gasteiger partial charge is 0.308 e. The number of hydrogen-bond acceptors (Lipinski definition) is 2. The monoisotopic (exact) mass is 295 g/mol. The zero-order valence-electron chi connectivity index (χ0n) is 14.1. The maximum Gasteiger partial charge on any atom is 0.308 e. The Morgan fingerprint density at radius 1 is 1.24 bits per heavy atom. The van der Waals surface area contributed by atoms with Crippen molar-refractivity contribution < 1.29 is 9.90 Å². The summed E-state index contributed by atoms with van der Waals surface area (Å²) in [5.74, 6) is 0.0388. The van der Waals surface area contributed by atoms with Crippen molar-refractivity contribution in [2.45, 2.75) is 78.2 Å². The first-order valence-electron chi connectivity index (χ1n) is 9.02. The highest BCUT2D eigenvalue weighted by atomic mass is 16.4. The fourth-order valence-electron chi connectivity index (χ4n) is 4.67. The van der Waals surface area contributed by atoms with Gasteiger partial charge in [0.2, 0.25) is 0 Å². The van der Waals surface area contributed by atoms with Gasteiger partial charge in [-0.3, -0.25) is 9.69 Å². The lowest BCUT2D eigenvalue weighted by Gasteiger charge is -2.40. The lowest BCUT2D eigenvalue weighted by molar-refractivity contribution is -0.146. The Hall–Kier alpha value is -0.570. The van der Waals surface area contributed by atoms with Gasteiger partial charge in [0.1, 0.15) is 0 Å². The van der Waals surface area contributed by atoms with E-state index in [1.165, 1.54) is 32.1 Å². The predicted octanol–water partition coefficient (Wildman–Crippen LogP) is 4.17. The van der Waals surface area contributed by atoms with Gasteiger partial charge in [0.15, 0.2) is 0 Å². The average molecular weight is 295 g/mol. The Kier molecular flexibility index (Phi) is 5.70. The Labute approximate surface area is 130 Å². The summed E-state index contributed by atoms with van der Waals surface area (Å²) < 4.78 is 0. The summed E-state index contributed by atoms with van der Waals surface area (Å²) in [6.45, 7) is 9.06. The van der Waals surface area contributed by atoms with E-state index in [1.807, 2.05) is 0 Å². The molecule has 1 aliphatic carbocycles. The maximum absolute atomic E-state index is 11.7. The number of aliphatic carboxylic acids is 1. The van der Waals surface area contributed by atoms with Crippen LogP contribution in [0.5, 0.6) is 0 Å². The van der Waals surface area contributed by atoms with Crippen LogP contribution < -0.4 is 0 Å². The third-order valence-corrected chi connectivity index (χ3v) is 6.38. The van der Waals surface area contributed by atoms with E-state index in [4.69, 9.17) is 0 Å². The molecule has 0 spiro atoms. The number of carboxylic acids is 1. The van der Waals surface area contributed by atoms with Crippen LogP contribution in [0.15, 0.2) is 0 Å². The first-order chi connectivity index (χ1) is 10.0. The Morgan fingerprint density at radius 2 is 1.95 bits per heavy atom. The van der Waals surface area contributed by atoms with E-state index >= 15 is 0 Å². The highest BCUT2D eigenvalue weighted by molar-refractivity contribution is 5.71.